The van der Waals surface area contributed by atoms with Gasteiger partial charge in [0.1, 0.15) is 30.2 Å². The number of hydrogen-bond donors (Lipinski definition) is 12. The van der Waals surface area contributed by atoms with Crippen LogP contribution in [-0.4, -0.2) is 133 Å². The molecule has 0 saturated heterocycles. The number of nitrogens with one attached hydrogen (secondary N) is 7. The fraction of sp³-hybridized carbons (Fsp3) is 0.347. The van der Waals surface area contributed by atoms with Crippen molar-refractivity contribution in [3.8, 4) is 0 Å². The van der Waals surface area contributed by atoms with E-state index in [-0.39, 0.29) is 62.7 Å². The molecular weight excluding hydrogens is 975 g/mol. The van der Waals surface area contributed by atoms with Crippen LogP contribution in [0.25, 0.3) is 10.8 Å². The van der Waals surface area contributed by atoms with Crippen LogP contribution in [0.1, 0.15) is 89.6 Å². The number of unbranched alkanes of at least 4 members (excludes halogenated alkanes) is 1. The number of pyridine rings is 1. The molecule has 394 valence electrons. The molecular formula is C49H55FN8O16. The van der Waals surface area contributed by atoms with Crippen LogP contribution in [0.3, 0.4) is 0 Å². The minimum atomic E-state index is -1.58. The molecule has 5 atom stereocenters. The second-order valence-electron chi connectivity index (χ2n) is 16.8. The van der Waals surface area contributed by atoms with Gasteiger partial charge in [-0.15, -0.1) is 0 Å². The van der Waals surface area contributed by atoms with E-state index < -0.39 is 127 Å². The summed E-state index contributed by atoms with van der Waals surface area (Å²) in [5.41, 5.74) is 1.21. The average molecular weight is 1030 g/mol. The first-order valence-corrected chi connectivity index (χ1v) is 23.0. The molecule has 0 aliphatic rings. The summed E-state index contributed by atoms with van der Waals surface area (Å²) >= 11 is 0. The maximum atomic E-state index is 13.6. The number of benzene rings is 3. The van der Waals surface area contributed by atoms with E-state index in [1.807, 2.05) is 42.5 Å². The number of fused-ring (bicyclic) bond motifs is 1. The normalized spacial score (nSPS) is 12.8. The van der Waals surface area contributed by atoms with Gasteiger partial charge < -0.3 is 62.8 Å². The monoisotopic (exact) mass is 1030 g/mol. The molecule has 1 heterocycles. The molecule has 12 N–H and O–H groups in total. The fourth-order valence-corrected chi connectivity index (χ4v) is 7.18. The smallest absolute Gasteiger partial charge is 0.326 e. The van der Waals surface area contributed by atoms with Crippen molar-refractivity contribution >= 4 is 76.2 Å². The van der Waals surface area contributed by atoms with Crippen molar-refractivity contribution in [3.05, 3.63) is 113 Å². The van der Waals surface area contributed by atoms with Gasteiger partial charge in [-0.05, 0) is 78.6 Å². The molecule has 0 fully saturated rings. The van der Waals surface area contributed by atoms with Gasteiger partial charge in [-0.2, -0.15) is 4.39 Å². The molecule has 0 saturated carbocycles. The number of nitrogens with zero attached hydrogens (tertiary/aromatic N) is 1. The second kappa shape index (κ2) is 28.7. The lowest BCUT2D eigenvalue weighted by atomic mass is 10.0. The number of amides is 7. The van der Waals surface area contributed by atoms with Crippen LogP contribution >= 0.6 is 0 Å². The van der Waals surface area contributed by atoms with Gasteiger partial charge in [0.25, 0.3) is 11.8 Å². The summed E-state index contributed by atoms with van der Waals surface area (Å²) in [5, 5.41) is 65.5. The predicted molar refractivity (Wildman–Crippen MR) is 257 cm³/mol. The largest absolute Gasteiger partial charge is 0.481 e. The van der Waals surface area contributed by atoms with Gasteiger partial charge in [0.15, 0.2) is 0 Å². The molecule has 0 bridgehead atoms. The highest BCUT2D eigenvalue weighted by Crippen LogP contribution is 2.18. The van der Waals surface area contributed by atoms with Crippen molar-refractivity contribution in [2.24, 2.45) is 0 Å². The van der Waals surface area contributed by atoms with Crippen molar-refractivity contribution in [2.75, 3.05) is 6.54 Å². The molecule has 4 aromatic rings. The number of carbonyl (C=O) groups excluding carboxylic acids is 6. The Morgan fingerprint density at radius 1 is 0.500 bits per heavy atom. The summed E-state index contributed by atoms with van der Waals surface area (Å²) in [6, 6.07) is 12.7. The van der Waals surface area contributed by atoms with Gasteiger partial charge in [-0.1, -0.05) is 54.6 Å². The van der Waals surface area contributed by atoms with E-state index in [1.54, 1.807) is 12.1 Å². The Labute approximate surface area is 420 Å². The first-order chi connectivity index (χ1) is 35.2. The number of carboxylic acids is 5. The van der Waals surface area contributed by atoms with E-state index in [1.165, 1.54) is 12.1 Å². The third-order valence-corrected chi connectivity index (χ3v) is 11.2. The molecule has 25 heteroatoms. The summed E-state index contributed by atoms with van der Waals surface area (Å²) in [7, 11) is 0. The molecule has 4 rings (SSSR count). The van der Waals surface area contributed by atoms with Crippen LogP contribution in [-0.2, 0) is 51.3 Å². The number of carboxylic acid groups (broad SMARTS) is 5. The number of halogens is 1. The summed E-state index contributed by atoms with van der Waals surface area (Å²) < 4.78 is 13.4. The number of aliphatic carboxylic acids is 5. The van der Waals surface area contributed by atoms with E-state index in [9.17, 15) is 77.6 Å². The number of rotatable bonds is 30. The summed E-state index contributed by atoms with van der Waals surface area (Å²) in [6.45, 7) is 0.00323. The molecule has 5 unspecified atom stereocenters. The van der Waals surface area contributed by atoms with E-state index in [0.29, 0.717) is 5.56 Å². The fourth-order valence-electron chi connectivity index (χ4n) is 7.18. The highest BCUT2D eigenvalue weighted by Gasteiger charge is 2.28. The average Bonchev–Trinajstić information content (AvgIpc) is 3.35. The lowest BCUT2D eigenvalue weighted by Gasteiger charge is -2.20. The van der Waals surface area contributed by atoms with Crippen LogP contribution in [0.4, 0.5) is 9.18 Å². The third-order valence-electron chi connectivity index (χ3n) is 11.2. The maximum absolute atomic E-state index is 13.6. The van der Waals surface area contributed by atoms with Crippen molar-refractivity contribution in [2.45, 2.75) is 101 Å². The van der Waals surface area contributed by atoms with Crippen LogP contribution in [0.5, 0.6) is 0 Å². The minimum absolute atomic E-state index is 0.0392. The lowest BCUT2D eigenvalue weighted by molar-refractivity contribution is -0.143. The maximum Gasteiger partial charge on any atom is 0.326 e. The molecule has 0 aliphatic carbocycles. The molecule has 0 radical (unpaired) electrons. The molecule has 24 nitrogen and oxygen atoms in total. The molecule has 1 aromatic heterocycles. The SMILES string of the molecule is O=C(O)CCC(NC(=O)NC(CCCCNC(=O)C(Cc1ccc2ccccc2c1)NC(=O)c1ccc(CNC(=O)CCC(NC(=O)CCC(NC(=O)c2ccnc([18F])c2)C(=O)O)C(=O)O)cc1)C(=O)O)C(=O)O. The minimum Gasteiger partial charge on any atom is -0.481 e. The molecule has 3 aromatic carbocycles. The van der Waals surface area contributed by atoms with Crippen LogP contribution in [0, 0.1) is 5.95 Å². The highest BCUT2D eigenvalue weighted by atomic mass is 18.2. The lowest BCUT2D eigenvalue weighted by Crippen LogP contribution is -2.51. The Hall–Kier alpha value is -9.03. The molecule has 74 heavy (non-hydrogen) atoms. The van der Waals surface area contributed by atoms with Gasteiger partial charge in [0, 0.05) is 62.2 Å². The van der Waals surface area contributed by atoms with Crippen molar-refractivity contribution in [3.63, 3.8) is 0 Å². The van der Waals surface area contributed by atoms with Gasteiger partial charge in [-0.3, -0.25) is 28.8 Å². The highest BCUT2D eigenvalue weighted by molar-refractivity contribution is 5.98. The molecule has 7 amide bonds. The quantitative estimate of drug-likeness (QED) is 0.0261. The van der Waals surface area contributed by atoms with Crippen LogP contribution in [0.2, 0.25) is 0 Å². The Balaban J connectivity index is 1.28. The molecule has 0 aliphatic heterocycles. The second-order valence-corrected chi connectivity index (χ2v) is 16.8. The standard InChI is InChI=1S/C49H55FN8O16/c50-38-25-32(20-22-51-38)43(64)55-35(47(70)71)15-18-40(60)54-34(46(68)69)14-17-39(59)53-26-27-8-12-30(13-9-27)42(63)56-37(24-28-10-11-29-5-1-2-6-31(29)23-28)44(65)52-21-4-3-7-33(45(66)67)57-49(74)58-36(48(72)73)16-19-41(61)62/h1-2,5-6,8-13,20,22-23,25,33-37H,3-4,7,14-19,21,24,26H2,(H,52,65)(H,53,59)(H,54,60)(H,55,64)(H,56,63)(H,61,62)(H,66,67)(H,68,69)(H,70,71)(H,72,73)(H2,57,58,74)/i50-1. The van der Waals surface area contributed by atoms with Gasteiger partial charge >= 0.3 is 35.9 Å². The third kappa shape index (κ3) is 19.6. The zero-order chi connectivity index (χ0) is 54.3. The first kappa shape index (κ1) is 57.5. The number of urea groups is 1. The van der Waals surface area contributed by atoms with E-state index in [4.69, 9.17) is 5.11 Å². The zero-order valence-electron chi connectivity index (χ0n) is 39.5. The van der Waals surface area contributed by atoms with E-state index in [0.717, 1.165) is 34.7 Å². The number of aromatic nitrogens is 1. The summed E-state index contributed by atoms with van der Waals surface area (Å²) in [6.07, 6.45) is -1.24. The van der Waals surface area contributed by atoms with E-state index in [2.05, 4.69) is 42.2 Å². The van der Waals surface area contributed by atoms with Gasteiger partial charge in [-0.25, -0.2) is 29.0 Å². The Morgan fingerprint density at radius 2 is 1.04 bits per heavy atom. The van der Waals surface area contributed by atoms with Crippen molar-refractivity contribution in [1.82, 2.24) is 42.2 Å². The topological polar surface area (TPSA) is 386 Å². The summed E-state index contributed by atoms with van der Waals surface area (Å²) in [4.78, 5) is 138. The van der Waals surface area contributed by atoms with Crippen LogP contribution < -0.4 is 37.2 Å². The Morgan fingerprint density at radius 3 is 1.66 bits per heavy atom. The van der Waals surface area contributed by atoms with E-state index >= 15 is 0 Å². The van der Waals surface area contributed by atoms with Gasteiger partial charge in [0.05, 0.1) is 0 Å². The predicted octanol–water partition coefficient (Wildman–Crippen LogP) is 1.70. The summed E-state index contributed by atoms with van der Waals surface area (Å²) in [5.74, 6) is -11.7. The van der Waals surface area contributed by atoms with Crippen molar-refractivity contribution < 1.29 is 82.7 Å². The molecule has 0 spiro atoms. The number of carbonyl (C=O) groups is 11. The zero-order valence-corrected chi connectivity index (χ0v) is 39.5. The first-order valence-electron chi connectivity index (χ1n) is 23.0. The van der Waals surface area contributed by atoms with Crippen molar-refractivity contribution in [1.29, 1.82) is 0 Å². The Kier molecular flexibility index (Phi) is 22.3. The Bertz CT molecular complexity index is 2710. The van der Waals surface area contributed by atoms with Crippen LogP contribution in [0.15, 0.2) is 85.1 Å². The number of hydrogen-bond acceptors (Lipinski definition) is 12. The van der Waals surface area contributed by atoms with Gasteiger partial charge in [0.2, 0.25) is 23.7 Å².